The van der Waals surface area contributed by atoms with Gasteiger partial charge in [0.05, 0.1) is 12.0 Å². The number of ether oxygens (including phenoxy) is 1. The van der Waals surface area contributed by atoms with Crippen molar-refractivity contribution in [2.24, 2.45) is 5.92 Å². The van der Waals surface area contributed by atoms with Gasteiger partial charge in [0.2, 0.25) is 0 Å². The van der Waals surface area contributed by atoms with Crippen LogP contribution in [0.5, 0.6) is 5.75 Å². The van der Waals surface area contributed by atoms with Gasteiger partial charge in [-0.15, -0.1) is 0 Å². The molecule has 5 rings (SSSR count). The first-order chi connectivity index (χ1) is 16.0. The molecule has 0 unspecified atom stereocenters. The molecule has 1 saturated carbocycles. The van der Waals surface area contributed by atoms with Gasteiger partial charge in [0.15, 0.2) is 11.5 Å². The van der Waals surface area contributed by atoms with Crippen LogP contribution in [0.25, 0.3) is 11.0 Å². The largest absolute Gasteiger partial charge is 0.486 e. The normalized spacial score (nSPS) is 22.2. The standard InChI is InChI=1S/C28H31NO4/c1-18-12-14-28(15-13-18)17-21(30)25-23(33-28)11-10-22-24(25)19(2)26(32-22)27(31)29-16-6-9-20-7-4-3-5-8-20/h3-5,7-8,10-11,18H,6,9,12-17H2,1-2H3,(H,29,31). The number of fused-ring (bicyclic) bond motifs is 3. The maximum Gasteiger partial charge on any atom is 0.287 e. The Balaban J connectivity index is 1.34. The van der Waals surface area contributed by atoms with Crippen molar-refractivity contribution in [1.82, 2.24) is 5.32 Å². The predicted octanol–water partition coefficient (Wildman–Crippen LogP) is 6.02. The Morgan fingerprint density at radius 3 is 2.64 bits per heavy atom. The highest BCUT2D eigenvalue weighted by atomic mass is 16.5. The van der Waals surface area contributed by atoms with Crippen LogP contribution in [0.2, 0.25) is 0 Å². The topological polar surface area (TPSA) is 68.5 Å². The van der Waals surface area contributed by atoms with Gasteiger partial charge in [0.25, 0.3) is 5.91 Å². The van der Waals surface area contributed by atoms with Crippen molar-refractivity contribution < 1.29 is 18.7 Å². The number of aryl methyl sites for hydroxylation is 2. The van der Waals surface area contributed by atoms with E-state index in [-0.39, 0.29) is 23.1 Å². The summed E-state index contributed by atoms with van der Waals surface area (Å²) in [5.74, 6) is 1.44. The van der Waals surface area contributed by atoms with Crippen molar-refractivity contribution in [2.45, 2.75) is 64.4 Å². The van der Waals surface area contributed by atoms with Crippen LogP contribution in [0.1, 0.15) is 77.5 Å². The number of Topliss-reactive ketones (excluding diaryl/α,β-unsaturated/α-hetero) is 1. The van der Waals surface area contributed by atoms with Gasteiger partial charge in [-0.1, -0.05) is 37.3 Å². The molecule has 0 atom stereocenters. The Morgan fingerprint density at radius 1 is 1.12 bits per heavy atom. The molecule has 1 aliphatic heterocycles. The van der Waals surface area contributed by atoms with Crippen molar-refractivity contribution in [2.75, 3.05) is 6.54 Å². The van der Waals surface area contributed by atoms with Crippen molar-refractivity contribution in [3.63, 3.8) is 0 Å². The van der Waals surface area contributed by atoms with Gasteiger partial charge in [0.1, 0.15) is 16.9 Å². The predicted molar refractivity (Wildman–Crippen MR) is 128 cm³/mol. The summed E-state index contributed by atoms with van der Waals surface area (Å²) in [6, 6.07) is 13.9. The Morgan fingerprint density at radius 2 is 1.88 bits per heavy atom. The Kier molecular flexibility index (Phi) is 5.73. The van der Waals surface area contributed by atoms with E-state index in [2.05, 4.69) is 24.4 Å². The molecule has 1 N–H and O–H groups in total. The molecule has 0 bridgehead atoms. The molecule has 172 valence electrons. The van der Waals surface area contributed by atoms with Crippen molar-refractivity contribution >= 4 is 22.7 Å². The molecule has 5 nitrogen and oxygen atoms in total. The smallest absolute Gasteiger partial charge is 0.287 e. The van der Waals surface area contributed by atoms with E-state index >= 15 is 0 Å². The van der Waals surface area contributed by atoms with Crippen LogP contribution in [0, 0.1) is 12.8 Å². The van der Waals surface area contributed by atoms with Crippen LogP contribution < -0.4 is 10.1 Å². The van der Waals surface area contributed by atoms with Gasteiger partial charge >= 0.3 is 0 Å². The SMILES string of the molecule is Cc1c(C(=O)NCCCc2ccccc2)oc2ccc3c(c12)C(=O)CC1(CCC(C)CC1)O3. The Bertz CT molecular complexity index is 1190. The molecule has 1 aromatic heterocycles. The Hall–Kier alpha value is -3.08. The van der Waals surface area contributed by atoms with Crippen molar-refractivity contribution in [3.8, 4) is 5.75 Å². The molecular formula is C28H31NO4. The highest BCUT2D eigenvalue weighted by molar-refractivity contribution is 6.13. The van der Waals surface area contributed by atoms with Crippen LogP contribution in [-0.2, 0) is 6.42 Å². The Labute approximate surface area is 194 Å². The third-order valence-electron chi connectivity index (χ3n) is 7.31. The summed E-state index contributed by atoms with van der Waals surface area (Å²) in [5.41, 5.74) is 2.71. The van der Waals surface area contributed by atoms with Gasteiger partial charge in [-0.05, 0) is 69.1 Å². The maximum absolute atomic E-state index is 13.3. The van der Waals surface area contributed by atoms with E-state index in [1.165, 1.54) is 5.56 Å². The minimum Gasteiger partial charge on any atom is -0.486 e. The van der Waals surface area contributed by atoms with Gasteiger partial charge in [-0.2, -0.15) is 0 Å². The van der Waals surface area contributed by atoms with Gasteiger partial charge in [-0.3, -0.25) is 9.59 Å². The highest BCUT2D eigenvalue weighted by Gasteiger charge is 2.43. The maximum atomic E-state index is 13.3. The zero-order valence-electron chi connectivity index (χ0n) is 19.4. The molecule has 5 heteroatoms. The lowest BCUT2D eigenvalue weighted by Crippen LogP contribution is -2.44. The van der Waals surface area contributed by atoms with Crippen LogP contribution in [-0.4, -0.2) is 23.8 Å². The number of furan rings is 1. The third kappa shape index (κ3) is 4.17. The van der Waals surface area contributed by atoms with Gasteiger partial charge in [-0.25, -0.2) is 0 Å². The van der Waals surface area contributed by atoms with Crippen molar-refractivity contribution in [3.05, 3.63) is 64.9 Å². The third-order valence-corrected chi connectivity index (χ3v) is 7.31. The van der Waals surface area contributed by atoms with Crippen LogP contribution in [0.15, 0.2) is 46.9 Å². The molecule has 0 saturated heterocycles. The number of nitrogens with one attached hydrogen (secondary N) is 1. The first-order valence-corrected chi connectivity index (χ1v) is 12.1. The zero-order valence-corrected chi connectivity index (χ0v) is 19.4. The first-order valence-electron chi connectivity index (χ1n) is 12.1. The molecule has 0 radical (unpaired) electrons. The summed E-state index contributed by atoms with van der Waals surface area (Å²) in [6.07, 6.45) is 6.15. The number of hydrogen-bond acceptors (Lipinski definition) is 4. The van der Waals surface area contributed by atoms with E-state index in [0.29, 0.717) is 46.7 Å². The lowest BCUT2D eigenvalue weighted by atomic mass is 9.74. The minimum absolute atomic E-state index is 0.0927. The molecular weight excluding hydrogens is 414 g/mol. The summed E-state index contributed by atoms with van der Waals surface area (Å²) in [6.45, 7) is 4.67. The molecule has 1 spiro atoms. The number of amides is 1. The number of benzene rings is 2. The summed E-state index contributed by atoms with van der Waals surface area (Å²) < 4.78 is 12.4. The minimum atomic E-state index is -0.374. The molecule has 2 aromatic carbocycles. The monoisotopic (exact) mass is 445 g/mol. The lowest BCUT2D eigenvalue weighted by Gasteiger charge is -2.42. The van der Waals surface area contributed by atoms with Crippen molar-refractivity contribution in [1.29, 1.82) is 0 Å². The van der Waals surface area contributed by atoms with E-state index in [9.17, 15) is 9.59 Å². The fourth-order valence-electron chi connectivity index (χ4n) is 5.34. The average Bonchev–Trinajstić information content (AvgIpc) is 3.16. The quantitative estimate of drug-likeness (QED) is 0.488. The van der Waals surface area contributed by atoms with Crippen LogP contribution >= 0.6 is 0 Å². The molecule has 33 heavy (non-hydrogen) atoms. The number of carbonyl (C=O) groups excluding carboxylic acids is 2. The van der Waals surface area contributed by atoms with E-state index in [4.69, 9.17) is 9.15 Å². The second-order valence-electron chi connectivity index (χ2n) is 9.78. The average molecular weight is 446 g/mol. The number of hydrogen-bond donors (Lipinski definition) is 1. The van der Waals surface area contributed by atoms with E-state index in [1.807, 2.05) is 37.3 Å². The fraction of sp³-hybridized carbons (Fsp3) is 0.429. The van der Waals surface area contributed by atoms with Gasteiger partial charge in [0, 0.05) is 17.5 Å². The second-order valence-corrected chi connectivity index (χ2v) is 9.78. The second kappa shape index (κ2) is 8.69. The fourth-order valence-corrected chi connectivity index (χ4v) is 5.34. The lowest BCUT2D eigenvalue weighted by molar-refractivity contribution is 0.00430. The summed E-state index contributed by atoms with van der Waals surface area (Å²) in [4.78, 5) is 26.2. The van der Waals surface area contributed by atoms with E-state index < -0.39 is 0 Å². The van der Waals surface area contributed by atoms with Crippen LogP contribution in [0.3, 0.4) is 0 Å². The summed E-state index contributed by atoms with van der Waals surface area (Å²) >= 11 is 0. The summed E-state index contributed by atoms with van der Waals surface area (Å²) in [5, 5.41) is 3.68. The first kappa shape index (κ1) is 21.7. The molecule has 1 fully saturated rings. The molecule has 3 aromatic rings. The molecule has 1 amide bonds. The van der Waals surface area contributed by atoms with E-state index in [0.717, 1.165) is 38.5 Å². The van der Waals surface area contributed by atoms with Crippen LogP contribution in [0.4, 0.5) is 0 Å². The zero-order chi connectivity index (χ0) is 23.0. The number of ketones is 1. The molecule has 2 heterocycles. The highest BCUT2D eigenvalue weighted by Crippen LogP contribution is 2.46. The number of carbonyl (C=O) groups is 2. The van der Waals surface area contributed by atoms with Gasteiger partial charge < -0.3 is 14.5 Å². The molecule has 2 aliphatic rings. The number of rotatable bonds is 5. The summed E-state index contributed by atoms with van der Waals surface area (Å²) in [7, 11) is 0. The van der Waals surface area contributed by atoms with E-state index in [1.54, 1.807) is 0 Å². The molecule has 1 aliphatic carbocycles.